The Bertz CT molecular complexity index is 202. The normalized spacial score (nSPS) is 15.6. The van der Waals surface area contributed by atoms with Gasteiger partial charge in [0.1, 0.15) is 0 Å². The van der Waals surface area contributed by atoms with Gasteiger partial charge in [0.2, 0.25) is 0 Å². The molecule has 3 N–H and O–H groups in total. The van der Waals surface area contributed by atoms with Crippen molar-refractivity contribution in [3.05, 3.63) is 0 Å². The first-order valence-electron chi connectivity index (χ1n) is 5.31. The van der Waals surface area contributed by atoms with Crippen LogP contribution in [0.3, 0.4) is 0 Å². The van der Waals surface area contributed by atoms with Crippen LogP contribution >= 0.6 is 0 Å². The highest BCUT2D eigenvalue weighted by molar-refractivity contribution is 4.90. The molecule has 1 atom stereocenters. The van der Waals surface area contributed by atoms with E-state index in [1.807, 2.05) is 32.8 Å². The molecule has 0 heterocycles. The third-order valence-electron chi connectivity index (χ3n) is 3.16. The number of hydrogen-bond acceptors (Lipinski definition) is 3. The van der Waals surface area contributed by atoms with Gasteiger partial charge < -0.3 is 4.90 Å². The van der Waals surface area contributed by atoms with Crippen molar-refractivity contribution < 1.29 is 13.2 Å². The van der Waals surface area contributed by atoms with E-state index in [1.54, 1.807) is 0 Å². The van der Waals surface area contributed by atoms with Crippen molar-refractivity contribution in [1.29, 1.82) is 0 Å². The van der Waals surface area contributed by atoms with Crippen molar-refractivity contribution in [2.24, 2.45) is 5.84 Å². The lowest BCUT2D eigenvalue weighted by Gasteiger charge is -2.40. The van der Waals surface area contributed by atoms with E-state index < -0.39 is 12.6 Å². The minimum atomic E-state index is -4.08. The molecule has 0 amide bonds. The summed E-state index contributed by atoms with van der Waals surface area (Å²) in [6.07, 6.45) is -4.34. The second-order valence-corrected chi connectivity index (χ2v) is 4.77. The van der Waals surface area contributed by atoms with Gasteiger partial charge in [0.25, 0.3) is 0 Å². The van der Waals surface area contributed by atoms with Gasteiger partial charge in [-0.15, -0.1) is 0 Å². The van der Waals surface area contributed by atoms with Crippen molar-refractivity contribution in [3.63, 3.8) is 0 Å². The van der Waals surface area contributed by atoms with Crippen LogP contribution in [0.1, 0.15) is 33.1 Å². The Kier molecular flexibility index (Phi) is 5.72. The lowest BCUT2D eigenvalue weighted by Crippen LogP contribution is -2.57. The quantitative estimate of drug-likeness (QED) is 0.551. The summed E-state index contributed by atoms with van der Waals surface area (Å²) in [5.41, 5.74) is 2.32. The molecule has 0 radical (unpaired) electrons. The highest BCUT2D eigenvalue weighted by atomic mass is 19.4. The van der Waals surface area contributed by atoms with E-state index >= 15 is 0 Å². The SMILES string of the molecule is CN(C)C(C)(C)C(CCCC(F)(F)F)NN. The van der Waals surface area contributed by atoms with Crippen LogP contribution in [0.2, 0.25) is 0 Å². The minimum Gasteiger partial charge on any atom is -0.303 e. The van der Waals surface area contributed by atoms with Crippen LogP contribution in [0.15, 0.2) is 0 Å². The van der Waals surface area contributed by atoms with Gasteiger partial charge in [-0.2, -0.15) is 13.2 Å². The molecular weight excluding hydrogens is 219 g/mol. The summed E-state index contributed by atoms with van der Waals surface area (Å²) in [7, 11) is 3.77. The fraction of sp³-hybridized carbons (Fsp3) is 1.00. The van der Waals surface area contributed by atoms with E-state index in [0.717, 1.165) is 0 Å². The molecule has 0 bridgehead atoms. The molecule has 0 rings (SSSR count). The maximum atomic E-state index is 12.0. The molecule has 0 saturated heterocycles. The smallest absolute Gasteiger partial charge is 0.303 e. The van der Waals surface area contributed by atoms with Crippen molar-refractivity contribution in [1.82, 2.24) is 10.3 Å². The van der Waals surface area contributed by atoms with E-state index in [9.17, 15) is 13.2 Å². The second kappa shape index (κ2) is 5.84. The number of rotatable bonds is 6. The predicted octanol–water partition coefficient (Wildman–Crippen LogP) is 1.89. The van der Waals surface area contributed by atoms with Gasteiger partial charge in [0, 0.05) is 18.0 Å². The molecule has 98 valence electrons. The molecule has 3 nitrogen and oxygen atoms in total. The van der Waals surface area contributed by atoms with Crippen LogP contribution in [0.5, 0.6) is 0 Å². The number of nitrogens with two attached hydrogens (primary N) is 1. The molecule has 0 fully saturated rings. The van der Waals surface area contributed by atoms with E-state index in [0.29, 0.717) is 6.42 Å². The predicted molar refractivity (Wildman–Crippen MR) is 58.8 cm³/mol. The monoisotopic (exact) mass is 241 g/mol. The number of halogens is 3. The maximum absolute atomic E-state index is 12.0. The summed E-state index contributed by atoms with van der Waals surface area (Å²) in [5.74, 6) is 5.39. The zero-order valence-electron chi connectivity index (χ0n) is 10.4. The highest BCUT2D eigenvalue weighted by Gasteiger charge is 2.32. The zero-order chi connectivity index (χ0) is 13.0. The van der Waals surface area contributed by atoms with Crippen molar-refractivity contribution in [3.8, 4) is 0 Å². The number of hydrazine groups is 1. The Balaban J connectivity index is 4.21. The molecule has 16 heavy (non-hydrogen) atoms. The van der Waals surface area contributed by atoms with Gasteiger partial charge in [0.05, 0.1) is 0 Å². The van der Waals surface area contributed by atoms with Crippen molar-refractivity contribution >= 4 is 0 Å². The third-order valence-corrected chi connectivity index (χ3v) is 3.16. The fourth-order valence-electron chi connectivity index (χ4n) is 1.46. The van der Waals surface area contributed by atoms with Crippen LogP contribution in [0.4, 0.5) is 13.2 Å². The summed E-state index contributed by atoms with van der Waals surface area (Å²) < 4.78 is 36.0. The number of nitrogens with zero attached hydrogens (tertiary/aromatic N) is 1. The molecule has 0 aliphatic heterocycles. The van der Waals surface area contributed by atoms with Crippen LogP contribution in [-0.2, 0) is 0 Å². The van der Waals surface area contributed by atoms with Crippen molar-refractivity contribution in [2.75, 3.05) is 14.1 Å². The van der Waals surface area contributed by atoms with E-state index in [4.69, 9.17) is 5.84 Å². The highest BCUT2D eigenvalue weighted by Crippen LogP contribution is 2.25. The lowest BCUT2D eigenvalue weighted by molar-refractivity contribution is -0.136. The van der Waals surface area contributed by atoms with Gasteiger partial charge >= 0.3 is 6.18 Å². The van der Waals surface area contributed by atoms with Gasteiger partial charge in [0.15, 0.2) is 0 Å². The van der Waals surface area contributed by atoms with Crippen LogP contribution < -0.4 is 11.3 Å². The molecule has 0 saturated carbocycles. The zero-order valence-corrected chi connectivity index (χ0v) is 10.4. The van der Waals surface area contributed by atoms with E-state index in [1.165, 1.54) is 0 Å². The summed E-state index contributed by atoms with van der Waals surface area (Å²) in [4.78, 5) is 1.95. The standard InChI is InChI=1S/C10H22F3N3/c1-9(2,16(3)4)8(15-14)6-5-7-10(11,12)13/h8,15H,5-7,14H2,1-4H3. The molecule has 0 aromatic heterocycles. The lowest BCUT2D eigenvalue weighted by atomic mass is 9.89. The minimum absolute atomic E-state index is 0.0929. The third kappa shape index (κ3) is 5.14. The molecule has 0 aliphatic carbocycles. The topological polar surface area (TPSA) is 41.3 Å². The number of alkyl halides is 3. The van der Waals surface area contributed by atoms with E-state index in [2.05, 4.69) is 5.43 Å². The molecule has 6 heteroatoms. The van der Waals surface area contributed by atoms with Crippen molar-refractivity contribution in [2.45, 2.75) is 50.9 Å². The number of likely N-dealkylation sites (N-methyl/N-ethyl adjacent to an activating group) is 1. The first-order chi connectivity index (χ1) is 7.11. The largest absolute Gasteiger partial charge is 0.389 e. The fourth-order valence-corrected chi connectivity index (χ4v) is 1.46. The van der Waals surface area contributed by atoms with Crippen LogP contribution in [-0.4, -0.2) is 36.8 Å². The summed E-state index contributed by atoms with van der Waals surface area (Å²) in [6.45, 7) is 3.90. The molecule has 0 aromatic carbocycles. The average molecular weight is 241 g/mol. The van der Waals surface area contributed by atoms with Gasteiger partial charge in [-0.3, -0.25) is 11.3 Å². The first-order valence-corrected chi connectivity index (χ1v) is 5.31. The Morgan fingerprint density at radius 1 is 1.25 bits per heavy atom. The van der Waals surface area contributed by atoms with Crippen LogP contribution in [0, 0.1) is 0 Å². The van der Waals surface area contributed by atoms with E-state index in [-0.39, 0.29) is 18.0 Å². The van der Waals surface area contributed by atoms with Crippen LogP contribution in [0.25, 0.3) is 0 Å². The molecule has 0 aromatic rings. The molecular formula is C10H22F3N3. The first kappa shape index (κ1) is 15.7. The maximum Gasteiger partial charge on any atom is 0.389 e. The van der Waals surface area contributed by atoms with Gasteiger partial charge in [-0.25, -0.2) is 0 Å². The molecule has 0 spiro atoms. The second-order valence-electron chi connectivity index (χ2n) is 4.77. The van der Waals surface area contributed by atoms with Gasteiger partial charge in [-0.1, -0.05) is 0 Å². The summed E-state index contributed by atoms with van der Waals surface area (Å²) in [5, 5.41) is 0. The average Bonchev–Trinajstić information content (AvgIpc) is 2.10. The Morgan fingerprint density at radius 3 is 2.06 bits per heavy atom. The Labute approximate surface area is 95.1 Å². The molecule has 1 unspecified atom stereocenters. The summed E-state index contributed by atoms with van der Waals surface area (Å²) in [6, 6.07) is -0.162. The number of hydrogen-bond donors (Lipinski definition) is 2. The number of nitrogens with one attached hydrogen (secondary N) is 1. The Hall–Kier alpha value is -0.330. The summed E-state index contributed by atoms with van der Waals surface area (Å²) >= 11 is 0. The molecule has 0 aliphatic rings. The Morgan fingerprint density at radius 2 is 1.75 bits per heavy atom. The van der Waals surface area contributed by atoms with Gasteiger partial charge in [-0.05, 0) is 40.8 Å².